The van der Waals surface area contributed by atoms with E-state index in [0.29, 0.717) is 5.56 Å². The molecule has 2 aromatic rings. The van der Waals surface area contributed by atoms with Gasteiger partial charge in [-0.15, -0.1) is 0 Å². The Morgan fingerprint density at radius 1 is 1.09 bits per heavy atom. The third kappa shape index (κ3) is 3.89. The molecule has 0 unspecified atom stereocenters. The lowest BCUT2D eigenvalue weighted by molar-refractivity contribution is -0.122. The first-order valence-corrected chi connectivity index (χ1v) is 7.39. The summed E-state index contributed by atoms with van der Waals surface area (Å²) in [6.07, 6.45) is 1.45. The maximum absolute atomic E-state index is 14.3. The van der Waals surface area contributed by atoms with Crippen molar-refractivity contribution in [3.05, 3.63) is 69.2 Å². The molecule has 0 radical (unpaired) electrons. The highest BCUT2D eigenvalue weighted by atomic mass is 35.5. The van der Waals surface area contributed by atoms with Crippen LogP contribution in [0.15, 0.2) is 36.4 Å². The predicted molar refractivity (Wildman–Crippen MR) is 89.4 cm³/mol. The normalized spacial score (nSPS) is 11.5. The largest absolute Gasteiger partial charge is 0.345 e. The van der Waals surface area contributed by atoms with Crippen molar-refractivity contribution >= 4 is 40.8 Å². The van der Waals surface area contributed by atoms with E-state index in [4.69, 9.17) is 23.2 Å². The Hall–Kier alpha value is -1.91. The van der Waals surface area contributed by atoms with Crippen LogP contribution < -0.4 is 0 Å². The van der Waals surface area contributed by atoms with Crippen molar-refractivity contribution < 1.29 is 13.6 Å². The first-order valence-electron chi connectivity index (χ1n) is 6.64. The number of carbonyl (C=O) groups is 1. The molecule has 2 rings (SSSR count). The lowest BCUT2D eigenvalue weighted by Gasteiger charge is -2.15. The zero-order valence-electron chi connectivity index (χ0n) is 12.4. The molecule has 2 nitrogen and oxygen atoms in total. The lowest BCUT2D eigenvalue weighted by Crippen LogP contribution is -2.23. The summed E-state index contributed by atoms with van der Waals surface area (Å²) in [6, 6.07) is 8.40. The van der Waals surface area contributed by atoms with Crippen LogP contribution in [0.1, 0.15) is 11.1 Å². The van der Waals surface area contributed by atoms with Crippen molar-refractivity contribution in [2.75, 3.05) is 14.1 Å². The Bertz CT molecular complexity index is 788. The first kappa shape index (κ1) is 17.4. The van der Waals surface area contributed by atoms with Crippen LogP contribution >= 0.6 is 23.2 Å². The van der Waals surface area contributed by atoms with Crippen LogP contribution in [0.2, 0.25) is 10.0 Å². The van der Waals surface area contributed by atoms with E-state index >= 15 is 0 Å². The molecule has 120 valence electrons. The fourth-order valence-corrected chi connectivity index (χ4v) is 2.34. The minimum absolute atomic E-state index is 0.0663. The summed E-state index contributed by atoms with van der Waals surface area (Å²) in [5.74, 6) is -1.67. The molecule has 2 aromatic carbocycles. The highest BCUT2D eigenvalue weighted by Gasteiger charge is 2.19. The van der Waals surface area contributed by atoms with Gasteiger partial charge in [-0.3, -0.25) is 4.79 Å². The van der Waals surface area contributed by atoms with Crippen LogP contribution in [0, 0.1) is 11.6 Å². The van der Waals surface area contributed by atoms with E-state index in [9.17, 15) is 13.6 Å². The van der Waals surface area contributed by atoms with Crippen LogP contribution in [0.3, 0.4) is 0 Å². The van der Waals surface area contributed by atoms with E-state index in [-0.39, 0.29) is 21.2 Å². The van der Waals surface area contributed by atoms with Gasteiger partial charge in [-0.25, -0.2) is 8.78 Å². The average Bonchev–Trinajstić information content (AvgIpc) is 2.50. The van der Waals surface area contributed by atoms with E-state index in [2.05, 4.69) is 0 Å². The molecular formula is C17H13Cl2F2NO. The summed E-state index contributed by atoms with van der Waals surface area (Å²) in [5.41, 5.74) is 0.635. The maximum atomic E-state index is 14.3. The molecule has 0 aliphatic rings. The van der Waals surface area contributed by atoms with Crippen LogP contribution in [0.5, 0.6) is 0 Å². The highest BCUT2D eigenvalue weighted by Crippen LogP contribution is 2.28. The van der Waals surface area contributed by atoms with E-state index in [1.807, 2.05) is 0 Å². The predicted octanol–water partition coefficient (Wildman–Crippen LogP) is 4.90. The molecule has 0 aliphatic carbocycles. The monoisotopic (exact) mass is 355 g/mol. The minimum Gasteiger partial charge on any atom is -0.345 e. The van der Waals surface area contributed by atoms with E-state index < -0.39 is 17.5 Å². The molecule has 0 aliphatic heterocycles. The summed E-state index contributed by atoms with van der Waals surface area (Å²) in [6.45, 7) is 0. The van der Waals surface area contributed by atoms with Gasteiger partial charge >= 0.3 is 0 Å². The fraction of sp³-hybridized carbons (Fsp3) is 0.118. The molecule has 0 spiro atoms. The smallest absolute Gasteiger partial charge is 0.254 e. The third-order valence-electron chi connectivity index (χ3n) is 3.13. The zero-order chi connectivity index (χ0) is 17.1. The molecule has 6 heteroatoms. The molecule has 0 heterocycles. The lowest BCUT2D eigenvalue weighted by atomic mass is 10.0. The van der Waals surface area contributed by atoms with Crippen LogP contribution in [0.4, 0.5) is 8.78 Å². The fourth-order valence-electron chi connectivity index (χ4n) is 1.98. The SMILES string of the molecule is CN(C)C(=O)C(=Cc1ccc(F)c(Cl)c1)c1cccc(Cl)c1F. The summed E-state index contributed by atoms with van der Waals surface area (Å²) >= 11 is 11.5. The number of hydrogen-bond acceptors (Lipinski definition) is 1. The highest BCUT2D eigenvalue weighted by molar-refractivity contribution is 6.32. The van der Waals surface area contributed by atoms with Gasteiger partial charge in [-0.05, 0) is 29.8 Å². The molecule has 0 saturated heterocycles. The van der Waals surface area contributed by atoms with Gasteiger partial charge in [0.1, 0.15) is 11.6 Å². The Morgan fingerprint density at radius 3 is 2.39 bits per heavy atom. The van der Waals surface area contributed by atoms with Gasteiger partial charge in [0.2, 0.25) is 0 Å². The Balaban J connectivity index is 2.63. The Kier molecular flexibility index (Phi) is 5.39. The second-order valence-corrected chi connectivity index (χ2v) is 5.85. The topological polar surface area (TPSA) is 20.3 Å². The van der Waals surface area contributed by atoms with Crippen molar-refractivity contribution in [1.29, 1.82) is 0 Å². The van der Waals surface area contributed by atoms with E-state index in [0.717, 1.165) is 0 Å². The van der Waals surface area contributed by atoms with Gasteiger partial charge in [0.05, 0.1) is 15.6 Å². The van der Waals surface area contributed by atoms with Crippen molar-refractivity contribution in [1.82, 2.24) is 4.90 Å². The molecule has 1 amide bonds. The number of carbonyl (C=O) groups excluding carboxylic acids is 1. The van der Waals surface area contributed by atoms with Crippen molar-refractivity contribution in [2.24, 2.45) is 0 Å². The zero-order valence-corrected chi connectivity index (χ0v) is 13.9. The van der Waals surface area contributed by atoms with Crippen LogP contribution in [-0.2, 0) is 4.79 Å². The molecular weight excluding hydrogens is 343 g/mol. The maximum Gasteiger partial charge on any atom is 0.254 e. The number of rotatable bonds is 3. The number of hydrogen-bond donors (Lipinski definition) is 0. The number of benzene rings is 2. The Morgan fingerprint density at radius 2 is 1.78 bits per heavy atom. The standard InChI is InChI=1S/C17H13Cl2F2NO/c1-22(2)17(23)12(11-4-3-5-13(18)16(11)21)8-10-6-7-15(20)14(19)9-10/h3-9H,1-2H3. The van der Waals surface area contributed by atoms with Crippen molar-refractivity contribution in [3.8, 4) is 0 Å². The number of halogens is 4. The van der Waals surface area contributed by atoms with Gasteiger partial charge in [0.15, 0.2) is 0 Å². The van der Waals surface area contributed by atoms with Gasteiger partial charge in [-0.1, -0.05) is 41.4 Å². The molecule has 0 aromatic heterocycles. The molecule has 0 N–H and O–H groups in total. The van der Waals surface area contributed by atoms with Gasteiger partial charge in [0.25, 0.3) is 5.91 Å². The van der Waals surface area contributed by atoms with Crippen molar-refractivity contribution in [2.45, 2.75) is 0 Å². The summed E-state index contributed by atoms with van der Waals surface area (Å²) in [7, 11) is 3.10. The van der Waals surface area contributed by atoms with Crippen LogP contribution in [-0.4, -0.2) is 24.9 Å². The molecule has 0 saturated carbocycles. The van der Waals surface area contributed by atoms with Gasteiger partial charge in [-0.2, -0.15) is 0 Å². The second kappa shape index (κ2) is 7.11. The molecule has 23 heavy (non-hydrogen) atoms. The quantitative estimate of drug-likeness (QED) is 0.566. The molecule has 0 atom stereocenters. The van der Waals surface area contributed by atoms with Gasteiger partial charge in [0, 0.05) is 19.7 Å². The second-order valence-electron chi connectivity index (χ2n) is 5.03. The Labute approximate surface area is 142 Å². The number of likely N-dealkylation sites (N-methyl/N-ethyl adjacent to an activating group) is 1. The van der Waals surface area contributed by atoms with Crippen LogP contribution in [0.25, 0.3) is 11.6 Å². The summed E-state index contributed by atoms with van der Waals surface area (Å²) in [4.78, 5) is 13.7. The summed E-state index contributed by atoms with van der Waals surface area (Å²) < 4.78 is 27.5. The van der Waals surface area contributed by atoms with Gasteiger partial charge < -0.3 is 4.90 Å². The molecule has 0 fully saturated rings. The average molecular weight is 356 g/mol. The number of nitrogens with zero attached hydrogens (tertiary/aromatic N) is 1. The van der Waals surface area contributed by atoms with Crippen molar-refractivity contribution in [3.63, 3.8) is 0 Å². The minimum atomic E-state index is -0.691. The summed E-state index contributed by atoms with van der Waals surface area (Å²) in [5, 5.41) is -0.168. The van der Waals surface area contributed by atoms with E-state index in [1.54, 1.807) is 20.2 Å². The third-order valence-corrected chi connectivity index (χ3v) is 3.71. The molecule has 0 bridgehead atoms. The number of amides is 1. The van der Waals surface area contributed by atoms with E-state index in [1.165, 1.54) is 41.3 Å². The first-order chi connectivity index (χ1) is 10.8.